The molecular weight excluding hydrogens is 380 g/mol. The highest BCUT2D eigenvalue weighted by Crippen LogP contribution is 2.34. The van der Waals surface area contributed by atoms with Crippen LogP contribution < -0.4 is 4.80 Å². The van der Waals surface area contributed by atoms with Crippen LogP contribution in [0.2, 0.25) is 5.15 Å². The van der Waals surface area contributed by atoms with Crippen molar-refractivity contribution >= 4 is 52.2 Å². The smallest absolute Gasteiger partial charge is 0.211 e. The van der Waals surface area contributed by atoms with E-state index in [9.17, 15) is 5.11 Å². The van der Waals surface area contributed by atoms with Gasteiger partial charge in [-0.3, -0.25) is 9.56 Å². The van der Waals surface area contributed by atoms with Gasteiger partial charge in [0.1, 0.15) is 5.69 Å². The Morgan fingerprint density at radius 1 is 1.26 bits per heavy atom. The van der Waals surface area contributed by atoms with Gasteiger partial charge in [-0.2, -0.15) is 0 Å². The molecule has 0 atom stereocenters. The molecule has 0 saturated heterocycles. The van der Waals surface area contributed by atoms with Gasteiger partial charge in [0.25, 0.3) is 0 Å². The highest BCUT2D eigenvalue weighted by atomic mass is 35.5. The summed E-state index contributed by atoms with van der Waals surface area (Å²) < 4.78 is 1.69. The minimum Gasteiger partial charge on any atom is -0.493 e. The summed E-state index contributed by atoms with van der Waals surface area (Å²) in [6, 6.07) is 11.4. The molecule has 0 amide bonds. The molecule has 3 heterocycles. The summed E-state index contributed by atoms with van der Waals surface area (Å²) in [4.78, 5) is 14.3. The van der Waals surface area contributed by atoms with Crippen molar-refractivity contribution < 1.29 is 5.11 Å². The molecule has 0 bridgehead atoms. The largest absolute Gasteiger partial charge is 0.493 e. The summed E-state index contributed by atoms with van der Waals surface area (Å²) in [7, 11) is 0. The van der Waals surface area contributed by atoms with Gasteiger partial charge >= 0.3 is 0 Å². The van der Waals surface area contributed by atoms with E-state index in [2.05, 4.69) is 21.5 Å². The van der Waals surface area contributed by atoms with Gasteiger partial charge in [-0.15, -0.1) is 6.58 Å². The molecule has 2 aromatic heterocycles. The number of fused-ring (bicyclic) bond motifs is 1. The Bertz CT molecular complexity index is 1160. The number of aromatic hydroxyl groups is 1. The first-order valence-corrected chi connectivity index (χ1v) is 9.40. The normalized spacial score (nSPS) is 14.7. The highest BCUT2D eigenvalue weighted by molar-refractivity contribution is 7.10. The van der Waals surface area contributed by atoms with Crippen LogP contribution in [0, 0.1) is 0 Å². The molecule has 27 heavy (non-hydrogen) atoms. The SMILES string of the molecule is C=CCn1c(O)c(/C=C2\C=Nc3ccccc32)sc1=Nc1cccnc1Cl. The molecule has 5 nitrogen and oxygen atoms in total. The summed E-state index contributed by atoms with van der Waals surface area (Å²) in [5.74, 6) is 0.129. The fraction of sp³-hybridized carbons (Fsp3) is 0.0500. The number of allylic oxidation sites excluding steroid dienone is 2. The lowest BCUT2D eigenvalue weighted by molar-refractivity contribution is 0.421. The van der Waals surface area contributed by atoms with Gasteiger partial charge in [-0.1, -0.05) is 47.2 Å². The number of aliphatic imine (C=N–C) groups is 1. The molecular formula is C20H15ClN4OS. The van der Waals surface area contributed by atoms with Crippen molar-refractivity contribution in [1.29, 1.82) is 0 Å². The Morgan fingerprint density at radius 3 is 2.93 bits per heavy atom. The van der Waals surface area contributed by atoms with E-state index in [0.29, 0.717) is 27.1 Å². The maximum Gasteiger partial charge on any atom is 0.211 e. The number of rotatable bonds is 4. The van der Waals surface area contributed by atoms with E-state index >= 15 is 0 Å². The number of hydrogen-bond acceptors (Lipinski definition) is 5. The molecule has 1 aliphatic heterocycles. The number of para-hydroxylation sites is 1. The fourth-order valence-corrected chi connectivity index (χ4v) is 3.91. The third-order valence-electron chi connectivity index (χ3n) is 4.02. The number of nitrogens with zero attached hydrogens (tertiary/aromatic N) is 4. The lowest BCUT2D eigenvalue weighted by Crippen LogP contribution is -2.12. The van der Waals surface area contributed by atoms with Crippen molar-refractivity contribution in [2.45, 2.75) is 6.54 Å². The third kappa shape index (κ3) is 3.37. The van der Waals surface area contributed by atoms with Crippen LogP contribution in [0.3, 0.4) is 0 Å². The van der Waals surface area contributed by atoms with Crippen LogP contribution >= 0.6 is 22.9 Å². The minimum absolute atomic E-state index is 0.129. The Morgan fingerprint density at radius 2 is 2.11 bits per heavy atom. The number of halogens is 1. The second-order valence-corrected chi connectivity index (χ2v) is 7.14. The Hall–Kier alpha value is -2.96. The van der Waals surface area contributed by atoms with E-state index in [1.165, 1.54) is 11.3 Å². The topological polar surface area (TPSA) is 62.8 Å². The summed E-state index contributed by atoms with van der Waals surface area (Å²) in [5, 5.41) is 11.0. The van der Waals surface area contributed by atoms with Crippen LogP contribution in [0.1, 0.15) is 10.4 Å². The van der Waals surface area contributed by atoms with Crippen LogP contribution in [0.15, 0.2) is 65.2 Å². The zero-order valence-electron chi connectivity index (χ0n) is 14.2. The van der Waals surface area contributed by atoms with E-state index in [4.69, 9.17) is 11.6 Å². The molecule has 0 fully saturated rings. The van der Waals surface area contributed by atoms with Gasteiger partial charge in [0, 0.05) is 30.1 Å². The van der Waals surface area contributed by atoms with E-state index in [-0.39, 0.29) is 5.88 Å². The van der Waals surface area contributed by atoms with Crippen molar-refractivity contribution in [2.75, 3.05) is 0 Å². The molecule has 1 N–H and O–H groups in total. The first kappa shape index (κ1) is 17.5. The Balaban J connectivity index is 1.85. The molecule has 4 rings (SSSR count). The molecule has 0 radical (unpaired) electrons. The highest BCUT2D eigenvalue weighted by Gasteiger charge is 2.15. The van der Waals surface area contributed by atoms with Crippen LogP contribution in [-0.2, 0) is 6.54 Å². The molecule has 1 aliphatic rings. The third-order valence-corrected chi connectivity index (χ3v) is 5.33. The predicted molar refractivity (Wildman–Crippen MR) is 111 cm³/mol. The zero-order valence-corrected chi connectivity index (χ0v) is 15.8. The van der Waals surface area contributed by atoms with Crippen molar-refractivity contribution in [3.05, 3.63) is 75.6 Å². The van der Waals surface area contributed by atoms with E-state index in [1.807, 2.05) is 30.3 Å². The molecule has 1 aromatic carbocycles. The first-order chi connectivity index (χ1) is 13.2. The van der Waals surface area contributed by atoms with Gasteiger partial charge in [0.15, 0.2) is 9.95 Å². The molecule has 0 unspecified atom stereocenters. The summed E-state index contributed by atoms with van der Waals surface area (Å²) in [5.41, 5.74) is 3.45. The lowest BCUT2D eigenvalue weighted by Gasteiger charge is -2.01. The standard InChI is InChI=1S/C20H15ClN4OS/c1-2-10-25-19(26)17(11-13-12-23-15-7-4-3-6-14(13)15)27-20(25)24-16-8-5-9-22-18(16)21/h2-9,11-12,26H,1,10H2/b13-11+,24-20?. The van der Waals surface area contributed by atoms with Crippen LogP contribution in [0.25, 0.3) is 11.6 Å². The molecule has 3 aromatic rings. The number of aromatic nitrogens is 2. The van der Waals surface area contributed by atoms with Gasteiger partial charge < -0.3 is 5.11 Å². The maximum atomic E-state index is 10.7. The van der Waals surface area contributed by atoms with Crippen molar-refractivity contribution in [3.8, 4) is 5.88 Å². The molecule has 134 valence electrons. The maximum absolute atomic E-state index is 10.7. The Kier molecular flexibility index (Phi) is 4.75. The van der Waals surface area contributed by atoms with Crippen molar-refractivity contribution in [1.82, 2.24) is 9.55 Å². The molecule has 0 spiro atoms. The zero-order chi connectivity index (χ0) is 18.8. The summed E-state index contributed by atoms with van der Waals surface area (Å²) in [6.07, 6.45) is 7.03. The summed E-state index contributed by atoms with van der Waals surface area (Å²) in [6.45, 7) is 4.18. The van der Waals surface area contributed by atoms with E-state index in [1.54, 1.807) is 35.2 Å². The van der Waals surface area contributed by atoms with Crippen LogP contribution in [0.5, 0.6) is 5.88 Å². The number of thiazole rings is 1. The predicted octanol–water partition coefficient (Wildman–Crippen LogP) is 4.98. The Labute approximate surface area is 165 Å². The monoisotopic (exact) mass is 394 g/mol. The molecule has 7 heteroatoms. The molecule has 0 aliphatic carbocycles. The lowest BCUT2D eigenvalue weighted by atomic mass is 10.1. The number of pyridine rings is 1. The van der Waals surface area contributed by atoms with Gasteiger partial charge in [-0.25, -0.2) is 9.98 Å². The van der Waals surface area contributed by atoms with Gasteiger partial charge in [0.05, 0.1) is 10.6 Å². The second-order valence-electron chi connectivity index (χ2n) is 5.77. The quantitative estimate of drug-likeness (QED) is 0.501. The summed E-state index contributed by atoms with van der Waals surface area (Å²) >= 11 is 7.49. The van der Waals surface area contributed by atoms with Gasteiger partial charge in [0.2, 0.25) is 5.88 Å². The number of hydrogen-bond donors (Lipinski definition) is 1. The van der Waals surface area contributed by atoms with Crippen LogP contribution in [-0.4, -0.2) is 20.9 Å². The van der Waals surface area contributed by atoms with E-state index in [0.717, 1.165) is 16.8 Å². The average molecular weight is 395 g/mol. The minimum atomic E-state index is 0.129. The van der Waals surface area contributed by atoms with Gasteiger partial charge in [-0.05, 0) is 24.3 Å². The fourth-order valence-electron chi connectivity index (χ4n) is 2.75. The average Bonchev–Trinajstić information content (AvgIpc) is 3.21. The second kappa shape index (κ2) is 7.34. The van der Waals surface area contributed by atoms with E-state index < -0.39 is 0 Å². The van der Waals surface area contributed by atoms with Crippen LogP contribution in [0.4, 0.5) is 11.4 Å². The first-order valence-electron chi connectivity index (χ1n) is 8.21. The van der Waals surface area contributed by atoms with Crippen molar-refractivity contribution in [3.63, 3.8) is 0 Å². The number of benzene rings is 1. The van der Waals surface area contributed by atoms with Crippen molar-refractivity contribution in [2.24, 2.45) is 9.98 Å². The molecule has 0 saturated carbocycles.